The number of imide groups is 1. The van der Waals surface area contributed by atoms with E-state index in [1.165, 1.54) is 4.90 Å². The van der Waals surface area contributed by atoms with Gasteiger partial charge in [-0.1, -0.05) is 31.7 Å². The first-order valence-corrected chi connectivity index (χ1v) is 13.9. The van der Waals surface area contributed by atoms with Gasteiger partial charge in [-0.15, -0.1) is 0 Å². The van der Waals surface area contributed by atoms with Crippen LogP contribution < -0.4 is 10.1 Å². The van der Waals surface area contributed by atoms with Crippen molar-refractivity contribution >= 4 is 40.1 Å². The minimum atomic E-state index is -0.235. The number of carbonyl (C=O) groups excluding carboxylic acids is 2. The smallest absolute Gasteiger partial charge is 0.261 e. The Morgan fingerprint density at radius 1 is 1.10 bits per heavy atom. The van der Waals surface area contributed by atoms with Gasteiger partial charge >= 0.3 is 0 Å². The topological polar surface area (TPSA) is 101 Å². The molecule has 9 heteroatoms. The van der Waals surface area contributed by atoms with Gasteiger partial charge in [0, 0.05) is 43.2 Å². The van der Waals surface area contributed by atoms with Crippen molar-refractivity contribution in [3.63, 3.8) is 0 Å². The number of nitrogens with one attached hydrogen (secondary N) is 1. The SMILES string of the molecule is C=C/C(=C\N(C)CCCN1C(=O)c2ccccc2C1=O)c1cnc2ccc(Nc3cc(CC)cc(OC)c3C)nc2n1. The third-order valence-corrected chi connectivity index (χ3v) is 7.36. The van der Waals surface area contributed by atoms with Gasteiger partial charge < -0.3 is 15.0 Å². The van der Waals surface area contributed by atoms with Crippen molar-refractivity contribution in [2.75, 3.05) is 32.6 Å². The Bertz CT molecular complexity index is 1680. The van der Waals surface area contributed by atoms with Crippen LogP contribution in [-0.4, -0.2) is 63.8 Å². The Labute approximate surface area is 245 Å². The van der Waals surface area contributed by atoms with Gasteiger partial charge in [-0.05, 0) is 61.7 Å². The lowest BCUT2D eigenvalue weighted by Crippen LogP contribution is -2.32. The standard InChI is InChI=1S/C33H34N6O3/c1-6-22-17-27(21(3)29(18-22)42-5)35-30-14-13-26-31(37-30)36-28(19-34-26)23(7-2)20-38(4)15-10-16-39-32(40)24-11-8-9-12-25(24)33(39)41/h7-9,11-14,17-20H,2,6,10,15-16H2,1,3-5H3,(H,35,36,37)/b23-20+. The highest BCUT2D eigenvalue weighted by molar-refractivity contribution is 6.21. The van der Waals surface area contributed by atoms with Crippen molar-refractivity contribution in [1.29, 1.82) is 0 Å². The number of amides is 2. The number of aryl methyl sites for hydroxylation is 1. The van der Waals surface area contributed by atoms with Crippen molar-refractivity contribution in [3.8, 4) is 5.75 Å². The van der Waals surface area contributed by atoms with E-state index in [9.17, 15) is 9.59 Å². The fourth-order valence-corrected chi connectivity index (χ4v) is 4.98. The number of ether oxygens (including phenoxy) is 1. The third kappa shape index (κ3) is 5.72. The molecule has 42 heavy (non-hydrogen) atoms. The molecule has 2 aromatic heterocycles. The molecule has 1 N–H and O–H groups in total. The van der Waals surface area contributed by atoms with Crippen LogP contribution in [0, 0.1) is 6.92 Å². The number of benzene rings is 2. The first kappa shape index (κ1) is 28.5. The molecular weight excluding hydrogens is 528 g/mol. The molecule has 1 aliphatic rings. The van der Waals surface area contributed by atoms with E-state index < -0.39 is 0 Å². The number of methoxy groups -OCH3 is 1. The first-order chi connectivity index (χ1) is 20.3. The summed E-state index contributed by atoms with van der Waals surface area (Å²) in [5.74, 6) is 1.01. The maximum absolute atomic E-state index is 12.6. The summed E-state index contributed by atoms with van der Waals surface area (Å²) in [7, 11) is 3.61. The second-order valence-electron chi connectivity index (χ2n) is 10.2. The predicted octanol–water partition coefficient (Wildman–Crippen LogP) is 5.79. The summed E-state index contributed by atoms with van der Waals surface area (Å²) in [6.07, 6.45) is 6.87. The third-order valence-electron chi connectivity index (χ3n) is 7.36. The van der Waals surface area contributed by atoms with Crippen molar-refractivity contribution < 1.29 is 14.3 Å². The number of rotatable bonds is 11. The number of hydrogen-bond donors (Lipinski definition) is 1. The van der Waals surface area contributed by atoms with Gasteiger partial charge in [-0.3, -0.25) is 19.5 Å². The van der Waals surface area contributed by atoms with Crippen molar-refractivity contribution in [2.24, 2.45) is 0 Å². The van der Waals surface area contributed by atoms with Crippen LogP contribution in [0.1, 0.15) is 50.9 Å². The van der Waals surface area contributed by atoms with Crippen LogP contribution in [0.2, 0.25) is 0 Å². The number of anilines is 2. The number of pyridine rings is 1. The Morgan fingerprint density at radius 3 is 2.50 bits per heavy atom. The average Bonchev–Trinajstić information content (AvgIpc) is 3.25. The quantitative estimate of drug-likeness (QED) is 0.181. The van der Waals surface area contributed by atoms with Gasteiger partial charge in [0.1, 0.15) is 17.1 Å². The Kier molecular flexibility index (Phi) is 8.28. The predicted molar refractivity (Wildman–Crippen MR) is 165 cm³/mol. The molecule has 0 unspecified atom stereocenters. The minimum absolute atomic E-state index is 0.235. The Balaban J connectivity index is 1.29. The molecule has 5 rings (SSSR count). The zero-order valence-electron chi connectivity index (χ0n) is 24.3. The van der Waals surface area contributed by atoms with Gasteiger partial charge in [0.05, 0.1) is 30.1 Å². The number of nitrogens with zero attached hydrogens (tertiary/aromatic N) is 5. The largest absolute Gasteiger partial charge is 0.496 e. The molecule has 0 saturated carbocycles. The lowest BCUT2D eigenvalue weighted by atomic mass is 10.1. The van der Waals surface area contributed by atoms with E-state index in [0.717, 1.165) is 34.6 Å². The normalized spacial score (nSPS) is 13.0. The molecule has 0 radical (unpaired) electrons. The van der Waals surface area contributed by atoms with Crippen molar-refractivity contribution in [3.05, 3.63) is 102 Å². The van der Waals surface area contributed by atoms with E-state index in [1.54, 1.807) is 43.6 Å². The molecule has 2 amide bonds. The second kappa shape index (κ2) is 12.2. The lowest BCUT2D eigenvalue weighted by molar-refractivity contribution is 0.0650. The van der Waals surface area contributed by atoms with Crippen LogP contribution in [0.25, 0.3) is 16.7 Å². The van der Waals surface area contributed by atoms with Crippen LogP contribution in [0.4, 0.5) is 11.5 Å². The molecule has 3 heterocycles. The molecule has 0 saturated heterocycles. The Hall–Kier alpha value is -5.05. The summed E-state index contributed by atoms with van der Waals surface area (Å²) in [6.45, 7) is 9.05. The van der Waals surface area contributed by atoms with Gasteiger partial charge in [0.25, 0.3) is 11.8 Å². The number of carbonyl (C=O) groups is 2. The molecule has 0 spiro atoms. The van der Waals surface area contributed by atoms with Crippen LogP contribution in [0.15, 0.2) is 73.6 Å². The van der Waals surface area contributed by atoms with Gasteiger partial charge in [-0.25, -0.2) is 9.97 Å². The fraction of sp³-hybridized carbons (Fsp3) is 0.242. The molecule has 0 fully saturated rings. The Morgan fingerprint density at radius 2 is 1.83 bits per heavy atom. The van der Waals surface area contributed by atoms with Crippen molar-refractivity contribution in [1.82, 2.24) is 24.8 Å². The molecule has 214 valence electrons. The number of fused-ring (bicyclic) bond motifs is 2. The summed E-state index contributed by atoms with van der Waals surface area (Å²) < 4.78 is 5.56. The first-order valence-electron chi connectivity index (χ1n) is 13.9. The van der Waals surface area contributed by atoms with Crippen molar-refractivity contribution in [2.45, 2.75) is 26.7 Å². The van der Waals surface area contributed by atoms with E-state index in [-0.39, 0.29) is 11.8 Å². The van der Waals surface area contributed by atoms with E-state index in [0.29, 0.717) is 53.3 Å². The fourth-order valence-electron chi connectivity index (χ4n) is 4.98. The molecule has 2 aromatic carbocycles. The molecule has 1 aliphatic heterocycles. The maximum atomic E-state index is 12.6. The second-order valence-corrected chi connectivity index (χ2v) is 10.2. The minimum Gasteiger partial charge on any atom is -0.496 e. The van der Waals surface area contributed by atoms with Gasteiger partial charge in [0.15, 0.2) is 5.65 Å². The van der Waals surface area contributed by atoms with Gasteiger partial charge in [0.2, 0.25) is 0 Å². The van der Waals surface area contributed by atoms with E-state index in [2.05, 4.69) is 35.9 Å². The zero-order valence-corrected chi connectivity index (χ0v) is 24.3. The average molecular weight is 563 g/mol. The van der Waals surface area contributed by atoms with E-state index >= 15 is 0 Å². The van der Waals surface area contributed by atoms with Gasteiger partial charge in [-0.2, -0.15) is 0 Å². The summed E-state index contributed by atoms with van der Waals surface area (Å²) in [5.41, 5.74) is 6.64. The number of allylic oxidation sites excluding steroid dienone is 2. The number of hydrogen-bond acceptors (Lipinski definition) is 8. The highest BCUT2D eigenvalue weighted by atomic mass is 16.5. The monoisotopic (exact) mass is 562 g/mol. The molecule has 0 atom stereocenters. The summed E-state index contributed by atoms with van der Waals surface area (Å²) in [6, 6.07) is 14.9. The van der Waals surface area contributed by atoms with Crippen LogP contribution in [0.5, 0.6) is 5.75 Å². The highest BCUT2D eigenvalue weighted by Gasteiger charge is 2.34. The molecule has 0 bridgehead atoms. The van der Waals surface area contributed by atoms with Crippen LogP contribution >= 0.6 is 0 Å². The highest BCUT2D eigenvalue weighted by Crippen LogP contribution is 2.30. The molecular formula is C33H34N6O3. The lowest BCUT2D eigenvalue weighted by Gasteiger charge is -2.18. The molecule has 4 aromatic rings. The maximum Gasteiger partial charge on any atom is 0.261 e. The summed E-state index contributed by atoms with van der Waals surface area (Å²) in [4.78, 5) is 42.7. The van der Waals surface area contributed by atoms with Crippen LogP contribution in [-0.2, 0) is 6.42 Å². The van der Waals surface area contributed by atoms with E-state index in [1.807, 2.05) is 37.2 Å². The molecule has 9 nitrogen and oxygen atoms in total. The zero-order chi connectivity index (χ0) is 29.8. The number of aromatic nitrogens is 3. The molecule has 0 aliphatic carbocycles. The summed E-state index contributed by atoms with van der Waals surface area (Å²) >= 11 is 0. The van der Waals surface area contributed by atoms with Crippen LogP contribution in [0.3, 0.4) is 0 Å². The summed E-state index contributed by atoms with van der Waals surface area (Å²) in [5, 5.41) is 3.41. The van der Waals surface area contributed by atoms with E-state index in [4.69, 9.17) is 14.7 Å².